The highest BCUT2D eigenvalue weighted by Gasteiger charge is 2.68. The number of halogens is 3. The van der Waals surface area contributed by atoms with Gasteiger partial charge in [0.05, 0.1) is 12.8 Å². The third-order valence-electron chi connectivity index (χ3n) is 2.79. The molecule has 7 nitrogen and oxygen atoms in total. The first-order valence-corrected chi connectivity index (χ1v) is 5.69. The third kappa shape index (κ3) is 2.43. The van der Waals surface area contributed by atoms with E-state index in [1.54, 1.807) is 0 Å². The number of urea groups is 1. The molecule has 2 heterocycles. The second-order valence-electron chi connectivity index (χ2n) is 4.33. The van der Waals surface area contributed by atoms with E-state index in [4.69, 9.17) is 4.42 Å². The van der Waals surface area contributed by atoms with Gasteiger partial charge in [-0.15, -0.1) is 0 Å². The molecule has 1 aromatic rings. The van der Waals surface area contributed by atoms with E-state index in [1.807, 2.05) is 0 Å². The molecule has 0 spiro atoms. The summed E-state index contributed by atoms with van der Waals surface area (Å²) >= 11 is 0. The zero-order valence-electron chi connectivity index (χ0n) is 10.7. The standard InChI is InChI=1S/C11H10F3N3O4/c1-6(18)15-10(11(12,13)14)8(19)17(9(20)16-10)5-7-3-2-4-21-7/h2-4H,5H2,1H3,(H,15,18)(H,16,20)/t10-/m0/s1. The van der Waals surface area contributed by atoms with E-state index >= 15 is 0 Å². The van der Waals surface area contributed by atoms with Crippen molar-refractivity contribution in [2.75, 3.05) is 0 Å². The maximum Gasteiger partial charge on any atom is 0.440 e. The van der Waals surface area contributed by atoms with E-state index in [2.05, 4.69) is 0 Å². The lowest BCUT2D eigenvalue weighted by molar-refractivity contribution is -0.204. The second-order valence-corrected chi connectivity index (χ2v) is 4.33. The molecule has 2 rings (SSSR count). The van der Waals surface area contributed by atoms with E-state index in [0.717, 1.165) is 6.92 Å². The van der Waals surface area contributed by atoms with E-state index in [9.17, 15) is 27.6 Å². The van der Waals surface area contributed by atoms with Gasteiger partial charge in [-0.05, 0) is 12.1 Å². The van der Waals surface area contributed by atoms with Crippen LogP contribution >= 0.6 is 0 Å². The summed E-state index contributed by atoms with van der Waals surface area (Å²) < 4.78 is 44.3. The number of hydrogen-bond acceptors (Lipinski definition) is 4. The molecule has 21 heavy (non-hydrogen) atoms. The van der Waals surface area contributed by atoms with Gasteiger partial charge in [0.1, 0.15) is 5.76 Å². The highest BCUT2D eigenvalue weighted by atomic mass is 19.4. The highest BCUT2D eigenvalue weighted by molar-refractivity contribution is 6.08. The molecule has 1 aliphatic heterocycles. The average molecular weight is 305 g/mol. The molecule has 0 saturated carbocycles. The first-order valence-electron chi connectivity index (χ1n) is 5.69. The summed E-state index contributed by atoms with van der Waals surface area (Å²) in [5.41, 5.74) is -3.46. The largest absolute Gasteiger partial charge is 0.467 e. The van der Waals surface area contributed by atoms with Crippen LogP contribution in [-0.4, -0.2) is 34.6 Å². The number of carbonyl (C=O) groups is 3. The third-order valence-corrected chi connectivity index (χ3v) is 2.79. The Labute approximate surface area is 116 Å². The van der Waals surface area contributed by atoms with Gasteiger partial charge in [-0.25, -0.2) is 4.79 Å². The van der Waals surface area contributed by atoms with Crippen LogP contribution in [0.3, 0.4) is 0 Å². The summed E-state index contributed by atoms with van der Waals surface area (Å²) in [5, 5.41) is 2.96. The second kappa shape index (κ2) is 4.79. The van der Waals surface area contributed by atoms with Gasteiger partial charge in [0.25, 0.3) is 11.6 Å². The molecule has 0 unspecified atom stereocenters. The lowest BCUT2D eigenvalue weighted by Crippen LogP contribution is -2.69. The summed E-state index contributed by atoms with van der Waals surface area (Å²) in [6.45, 7) is 0.331. The first kappa shape index (κ1) is 14.9. The molecule has 2 N–H and O–H groups in total. The summed E-state index contributed by atoms with van der Waals surface area (Å²) in [6.07, 6.45) is -3.94. The monoisotopic (exact) mass is 305 g/mol. The zero-order chi connectivity index (χ0) is 15.8. The summed E-state index contributed by atoms with van der Waals surface area (Å²) in [4.78, 5) is 35.0. The minimum atomic E-state index is -5.19. The Bertz CT molecular complexity index is 584. The van der Waals surface area contributed by atoms with Crippen molar-refractivity contribution in [2.24, 2.45) is 0 Å². The number of rotatable bonds is 3. The van der Waals surface area contributed by atoms with Gasteiger partial charge < -0.3 is 9.73 Å². The molecule has 4 amide bonds. The molecule has 0 radical (unpaired) electrons. The molecular formula is C11H10F3N3O4. The number of nitrogens with zero attached hydrogens (tertiary/aromatic N) is 1. The van der Waals surface area contributed by atoms with Crippen molar-refractivity contribution in [1.29, 1.82) is 0 Å². The first-order chi connectivity index (χ1) is 9.67. The van der Waals surface area contributed by atoms with Crippen LogP contribution in [0.25, 0.3) is 0 Å². The summed E-state index contributed by atoms with van der Waals surface area (Å²) in [6, 6.07) is 1.58. The maximum atomic E-state index is 13.2. The Morgan fingerprint density at radius 3 is 2.62 bits per heavy atom. The zero-order valence-corrected chi connectivity index (χ0v) is 10.7. The van der Waals surface area contributed by atoms with E-state index < -0.39 is 36.2 Å². The van der Waals surface area contributed by atoms with Gasteiger partial charge >= 0.3 is 12.2 Å². The smallest absolute Gasteiger partial charge is 0.440 e. The normalized spacial score (nSPS) is 22.4. The molecule has 0 aromatic carbocycles. The van der Waals surface area contributed by atoms with Crippen molar-refractivity contribution >= 4 is 17.8 Å². The fraction of sp³-hybridized carbons (Fsp3) is 0.364. The Kier molecular flexibility index (Phi) is 3.39. The van der Waals surface area contributed by atoms with Crippen LogP contribution in [0, 0.1) is 0 Å². The fourth-order valence-electron chi connectivity index (χ4n) is 1.89. The minimum absolute atomic E-state index is 0.124. The summed E-state index contributed by atoms with van der Waals surface area (Å²) in [7, 11) is 0. The number of nitrogens with one attached hydrogen (secondary N) is 2. The number of alkyl halides is 3. The number of carbonyl (C=O) groups excluding carboxylic acids is 3. The van der Waals surface area contributed by atoms with Crippen LogP contribution in [0.1, 0.15) is 12.7 Å². The van der Waals surface area contributed by atoms with Crippen molar-refractivity contribution in [1.82, 2.24) is 15.5 Å². The highest BCUT2D eigenvalue weighted by Crippen LogP contribution is 2.34. The molecule has 1 atom stereocenters. The lowest BCUT2D eigenvalue weighted by Gasteiger charge is -2.29. The van der Waals surface area contributed by atoms with Gasteiger partial charge in [0, 0.05) is 6.92 Å². The van der Waals surface area contributed by atoms with Gasteiger partial charge in [-0.2, -0.15) is 13.2 Å². The molecule has 114 valence electrons. The van der Waals surface area contributed by atoms with Crippen molar-refractivity contribution in [3.63, 3.8) is 0 Å². The molecule has 1 aliphatic rings. The number of amides is 4. The van der Waals surface area contributed by atoms with Crippen LogP contribution in [0.5, 0.6) is 0 Å². The van der Waals surface area contributed by atoms with Crippen LogP contribution in [0.15, 0.2) is 22.8 Å². The van der Waals surface area contributed by atoms with Crippen LogP contribution in [0.4, 0.5) is 18.0 Å². The lowest BCUT2D eigenvalue weighted by atomic mass is 10.1. The van der Waals surface area contributed by atoms with Gasteiger partial charge in [0.15, 0.2) is 0 Å². The van der Waals surface area contributed by atoms with E-state index in [-0.39, 0.29) is 5.76 Å². The predicted molar refractivity (Wildman–Crippen MR) is 60.4 cm³/mol. The molecule has 1 saturated heterocycles. The molecule has 1 fully saturated rings. The molecule has 1 aromatic heterocycles. The van der Waals surface area contributed by atoms with Gasteiger partial charge in [-0.1, -0.05) is 0 Å². The Balaban J connectivity index is 2.35. The maximum absolute atomic E-state index is 13.2. The van der Waals surface area contributed by atoms with E-state index in [1.165, 1.54) is 29.0 Å². The molecule has 0 aliphatic carbocycles. The minimum Gasteiger partial charge on any atom is -0.467 e. The number of imide groups is 1. The Morgan fingerprint density at radius 1 is 1.48 bits per heavy atom. The molecule has 10 heteroatoms. The van der Waals surface area contributed by atoms with Crippen molar-refractivity contribution in [2.45, 2.75) is 25.3 Å². The fourth-order valence-corrected chi connectivity index (χ4v) is 1.89. The SMILES string of the molecule is CC(=O)N[C@]1(C(F)(F)F)NC(=O)N(Cc2ccco2)C1=O. The summed E-state index contributed by atoms with van der Waals surface area (Å²) in [5.74, 6) is -2.60. The van der Waals surface area contributed by atoms with Crippen molar-refractivity contribution in [3.8, 4) is 0 Å². The average Bonchev–Trinajstić information content (AvgIpc) is 2.91. The Hall–Kier alpha value is -2.52. The van der Waals surface area contributed by atoms with Gasteiger partial charge in [-0.3, -0.25) is 19.8 Å². The number of hydrogen-bond donors (Lipinski definition) is 2. The van der Waals surface area contributed by atoms with E-state index in [0.29, 0.717) is 4.90 Å². The van der Waals surface area contributed by atoms with Crippen molar-refractivity contribution in [3.05, 3.63) is 24.2 Å². The van der Waals surface area contributed by atoms with Crippen LogP contribution < -0.4 is 10.6 Å². The molecule has 0 bridgehead atoms. The quantitative estimate of drug-likeness (QED) is 0.805. The predicted octanol–water partition coefficient (Wildman–Crippen LogP) is 0.726. The van der Waals surface area contributed by atoms with Crippen molar-refractivity contribution < 1.29 is 32.0 Å². The molecular weight excluding hydrogens is 295 g/mol. The van der Waals surface area contributed by atoms with Crippen LogP contribution in [0.2, 0.25) is 0 Å². The van der Waals surface area contributed by atoms with Gasteiger partial charge in [0.2, 0.25) is 5.91 Å². The Morgan fingerprint density at radius 2 is 2.14 bits per heavy atom. The topological polar surface area (TPSA) is 91.7 Å². The van der Waals surface area contributed by atoms with Crippen LogP contribution in [-0.2, 0) is 16.1 Å². The number of furan rings is 1.